The molecule has 0 fully saturated rings. The molecule has 0 aliphatic rings. The molecule has 0 saturated heterocycles. The Morgan fingerprint density at radius 2 is 1.94 bits per heavy atom. The zero-order valence-electron chi connectivity index (χ0n) is 9.39. The minimum Gasteiger partial charge on any atom is -0.258 e. The molecular formula is C13H10BrClFN. The lowest BCUT2D eigenvalue weighted by Crippen LogP contribution is -1.93. The summed E-state index contributed by atoms with van der Waals surface area (Å²) in [5, 5.41) is 0.388. The first-order valence-corrected chi connectivity index (χ1v) is 6.25. The van der Waals surface area contributed by atoms with Crippen LogP contribution >= 0.6 is 27.5 Å². The number of hydrogen-bond acceptors (Lipinski definition) is 1. The number of aromatic nitrogens is 1. The van der Waals surface area contributed by atoms with Gasteiger partial charge in [-0.15, -0.1) is 0 Å². The first-order chi connectivity index (χ1) is 7.99. The number of hydrogen-bond donors (Lipinski definition) is 0. The monoisotopic (exact) mass is 313 g/mol. The summed E-state index contributed by atoms with van der Waals surface area (Å²) in [6.45, 7) is 3.83. The van der Waals surface area contributed by atoms with Gasteiger partial charge in [-0.1, -0.05) is 27.5 Å². The van der Waals surface area contributed by atoms with Gasteiger partial charge in [-0.2, -0.15) is 0 Å². The van der Waals surface area contributed by atoms with Gasteiger partial charge in [0.2, 0.25) is 0 Å². The Morgan fingerprint density at radius 1 is 1.24 bits per heavy atom. The molecule has 0 aliphatic heterocycles. The third-order valence-electron chi connectivity index (χ3n) is 2.48. The molecule has 0 radical (unpaired) electrons. The Labute approximate surface area is 113 Å². The van der Waals surface area contributed by atoms with Crippen molar-refractivity contribution in [2.24, 2.45) is 0 Å². The molecule has 0 bridgehead atoms. The molecule has 1 nitrogen and oxygen atoms in total. The Hall–Kier alpha value is -0.930. The van der Waals surface area contributed by atoms with E-state index >= 15 is 0 Å². The van der Waals surface area contributed by atoms with E-state index < -0.39 is 0 Å². The van der Waals surface area contributed by atoms with Crippen molar-refractivity contribution in [3.63, 3.8) is 0 Å². The molecule has 4 heteroatoms. The average Bonchev–Trinajstić information content (AvgIpc) is 2.19. The second kappa shape index (κ2) is 4.75. The van der Waals surface area contributed by atoms with Gasteiger partial charge in [0.25, 0.3) is 0 Å². The van der Waals surface area contributed by atoms with Crippen LogP contribution in [0.4, 0.5) is 4.39 Å². The van der Waals surface area contributed by atoms with Gasteiger partial charge in [0, 0.05) is 27.0 Å². The standard InChI is InChI=1S/C13H10BrClFN/c1-7-5-11(14)13(8(2)17-7)10-4-3-9(16)6-12(10)15/h3-6H,1-2H3. The van der Waals surface area contributed by atoms with Crippen LogP contribution in [0.15, 0.2) is 28.7 Å². The fourth-order valence-electron chi connectivity index (χ4n) is 1.80. The van der Waals surface area contributed by atoms with Crippen molar-refractivity contribution in [3.8, 4) is 11.1 Å². The van der Waals surface area contributed by atoms with Crippen LogP contribution in [0.5, 0.6) is 0 Å². The largest absolute Gasteiger partial charge is 0.258 e. The van der Waals surface area contributed by atoms with E-state index in [1.54, 1.807) is 6.07 Å². The second-order valence-corrected chi connectivity index (χ2v) is 5.09. The van der Waals surface area contributed by atoms with E-state index in [2.05, 4.69) is 20.9 Å². The summed E-state index contributed by atoms with van der Waals surface area (Å²) in [4.78, 5) is 4.39. The Morgan fingerprint density at radius 3 is 2.53 bits per heavy atom. The third-order valence-corrected chi connectivity index (χ3v) is 3.42. The Bertz CT molecular complexity index is 561. The smallest absolute Gasteiger partial charge is 0.124 e. The predicted octanol–water partition coefficient (Wildman–Crippen LogP) is 4.92. The SMILES string of the molecule is Cc1cc(Br)c(-c2ccc(F)cc2Cl)c(C)n1. The van der Waals surface area contributed by atoms with Gasteiger partial charge in [0.15, 0.2) is 0 Å². The number of rotatable bonds is 1. The van der Waals surface area contributed by atoms with Crippen LogP contribution in [-0.4, -0.2) is 4.98 Å². The van der Waals surface area contributed by atoms with E-state index in [0.29, 0.717) is 5.02 Å². The van der Waals surface area contributed by atoms with E-state index in [1.807, 2.05) is 19.9 Å². The van der Waals surface area contributed by atoms with Gasteiger partial charge in [-0.25, -0.2) is 4.39 Å². The topological polar surface area (TPSA) is 12.9 Å². The lowest BCUT2D eigenvalue weighted by Gasteiger charge is -2.11. The molecule has 2 aromatic rings. The van der Waals surface area contributed by atoms with E-state index in [4.69, 9.17) is 11.6 Å². The van der Waals surface area contributed by atoms with Gasteiger partial charge in [0.05, 0.1) is 5.02 Å². The third kappa shape index (κ3) is 2.50. The van der Waals surface area contributed by atoms with Crippen molar-refractivity contribution in [2.75, 3.05) is 0 Å². The van der Waals surface area contributed by atoms with Crippen molar-refractivity contribution < 1.29 is 4.39 Å². The van der Waals surface area contributed by atoms with Crippen LogP contribution in [0.25, 0.3) is 11.1 Å². The van der Waals surface area contributed by atoms with Crippen LogP contribution in [0, 0.1) is 19.7 Å². The molecule has 1 aromatic heterocycles. The zero-order valence-corrected chi connectivity index (χ0v) is 11.7. The number of aryl methyl sites for hydroxylation is 2. The summed E-state index contributed by atoms with van der Waals surface area (Å²) in [6.07, 6.45) is 0. The molecular weight excluding hydrogens is 305 g/mol. The van der Waals surface area contributed by atoms with Gasteiger partial charge in [0.1, 0.15) is 5.82 Å². The highest BCUT2D eigenvalue weighted by atomic mass is 79.9. The van der Waals surface area contributed by atoms with E-state index in [0.717, 1.165) is 27.0 Å². The summed E-state index contributed by atoms with van der Waals surface area (Å²) in [7, 11) is 0. The van der Waals surface area contributed by atoms with Crippen molar-refractivity contribution in [3.05, 3.63) is 51.0 Å². The van der Waals surface area contributed by atoms with Crippen molar-refractivity contribution >= 4 is 27.5 Å². The van der Waals surface area contributed by atoms with Crippen LogP contribution in [0.1, 0.15) is 11.4 Å². The second-order valence-electron chi connectivity index (χ2n) is 3.83. The zero-order chi connectivity index (χ0) is 12.6. The van der Waals surface area contributed by atoms with E-state index in [-0.39, 0.29) is 5.82 Å². The minimum atomic E-state index is -0.340. The average molecular weight is 315 g/mol. The quantitative estimate of drug-likeness (QED) is 0.728. The lowest BCUT2D eigenvalue weighted by atomic mass is 10.0. The summed E-state index contributed by atoms with van der Waals surface area (Å²) in [5.74, 6) is -0.340. The predicted molar refractivity (Wildman–Crippen MR) is 71.8 cm³/mol. The molecule has 0 saturated carbocycles. The highest BCUT2D eigenvalue weighted by Crippen LogP contribution is 2.35. The normalized spacial score (nSPS) is 10.6. The number of benzene rings is 1. The molecule has 1 heterocycles. The molecule has 88 valence electrons. The van der Waals surface area contributed by atoms with Crippen LogP contribution in [0.3, 0.4) is 0 Å². The van der Waals surface area contributed by atoms with E-state index in [1.165, 1.54) is 12.1 Å². The van der Waals surface area contributed by atoms with Gasteiger partial charge >= 0.3 is 0 Å². The van der Waals surface area contributed by atoms with E-state index in [9.17, 15) is 4.39 Å². The molecule has 0 N–H and O–H groups in total. The molecule has 0 amide bonds. The lowest BCUT2D eigenvalue weighted by molar-refractivity contribution is 0.628. The highest BCUT2D eigenvalue weighted by Gasteiger charge is 2.12. The molecule has 0 aliphatic carbocycles. The van der Waals surface area contributed by atoms with Crippen molar-refractivity contribution in [2.45, 2.75) is 13.8 Å². The first kappa shape index (κ1) is 12.5. The maximum Gasteiger partial charge on any atom is 0.124 e. The molecule has 0 spiro atoms. The fourth-order valence-corrected chi connectivity index (χ4v) is 2.89. The van der Waals surface area contributed by atoms with Crippen LogP contribution in [0.2, 0.25) is 5.02 Å². The minimum absolute atomic E-state index is 0.340. The molecule has 2 rings (SSSR count). The molecule has 1 aromatic carbocycles. The summed E-state index contributed by atoms with van der Waals surface area (Å²) in [5.41, 5.74) is 3.48. The molecule has 17 heavy (non-hydrogen) atoms. The van der Waals surface area contributed by atoms with Crippen molar-refractivity contribution in [1.29, 1.82) is 0 Å². The number of pyridine rings is 1. The van der Waals surface area contributed by atoms with Crippen LogP contribution in [-0.2, 0) is 0 Å². The first-order valence-electron chi connectivity index (χ1n) is 5.08. The number of halogens is 3. The van der Waals surface area contributed by atoms with Crippen molar-refractivity contribution in [1.82, 2.24) is 4.98 Å². The maximum absolute atomic E-state index is 13.0. The maximum atomic E-state index is 13.0. The summed E-state index contributed by atoms with van der Waals surface area (Å²) in [6, 6.07) is 6.29. The molecule has 0 atom stereocenters. The Balaban J connectivity index is 2.68. The summed E-state index contributed by atoms with van der Waals surface area (Å²) < 4.78 is 13.9. The van der Waals surface area contributed by atoms with Crippen LogP contribution < -0.4 is 0 Å². The van der Waals surface area contributed by atoms with Gasteiger partial charge < -0.3 is 0 Å². The number of nitrogens with zero attached hydrogens (tertiary/aromatic N) is 1. The fraction of sp³-hybridized carbons (Fsp3) is 0.154. The Kier molecular flexibility index (Phi) is 3.50. The van der Waals surface area contributed by atoms with Gasteiger partial charge in [-0.3, -0.25) is 4.98 Å². The molecule has 0 unspecified atom stereocenters. The van der Waals surface area contributed by atoms with Gasteiger partial charge in [-0.05, 0) is 38.1 Å². The highest BCUT2D eigenvalue weighted by molar-refractivity contribution is 9.10. The summed E-state index contributed by atoms with van der Waals surface area (Å²) >= 11 is 9.55.